The Labute approximate surface area is 200 Å². The van der Waals surface area contributed by atoms with Crippen LogP contribution < -0.4 is 10.1 Å². The van der Waals surface area contributed by atoms with E-state index in [1.165, 1.54) is 55.6 Å². The number of anilines is 1. The predicted octanol–water partition coefficient (Wildman–Crippen LogP) is 6.34. The van der Waals surface area contributed by atoms with Gasteiger partial charge in [-0.1, -0.05) is 49.6 Å². The van der Waals surface area contributed by atoms with E-state index in [0.29, 0.717) is 10.6 Å². The largest absolute Gasteiger partial charge is 0.484 e. The molecule has 0 spiro atoms. The van der Waals surface area contributed by atoms with Gasteiger partial charge in [0.1, 0.15) is 5.75 Å². The van der Waals surface area contributed by atoms with Crippen LogP contribution in [0.5, 0.6) is 5.75 Å². The Hall–Kier alpha value is -1.63. The summed E-state index contributed by atoms with van der Waals surface area (Å²) < 4.78 is 6.28. The van der Waals surface area contributed by atoms with Gasteiger partial charge in [0.25, 0.3) is 5.91 Å². The molecule has 1 saturated carbocycles. The Morgan fingerprint density at radius 1 is 1.00 bits per heavy atom. The van der Waals surface area contributed by atoms with Gasteiger partial charge < -0.3 is 10.1 Å². The third-order valence-electron chi connectivity index (χ3n) is 6.26. The summed E-state index contributed by atoms with van der Waals surface area (Å²) in [5, 5.41) is 3.05. The van der Waals surface area contributed by atoms with Crippen molar-refractivity contribution in [3.63, 3.8) is 0 Å². The molecule has 0 bridgehead atoms. The molecule has 32 heavy (non-hydrogen) atoms. The summed E-state index contributed by atoms with van der Waals surface area (Å²) in [6.07, 6.45) is 7.85. The molecule has 0 radical (unpaired) electrons. The van der Waals surface area contributed by atoms with Crippen molar-refractivity contribution in [3.05, 3.63) is 59.7 Å². The highest BCUT2D eigenvalue weighted by Crippen LogP contribution is 2.43. The predicted molar refractivity (Wildman–Crippen MR) is 138 cm³/mol. The summed E-state index contributed by atoms with van der Waals surface area (Å²) in [7, 11) is 2.20. The molecule has 1 saturated heterocycles. The molecule has 4 rings (SSSR count). The van der Waals surface area contributed by atoms with Crippen molar-refractivity contribution >= 4 is 35.1 Å². The Morgan fingerprint density at radius 3 is 2.47 bits per heavy atom. The molecule has 0 unspecified atom stereocenters. The molecule has 1 amide bonds. The standard InChI is InChI=1S/C26H34N2O2S2/c1-28(22-9-3-2-4-10-22)18-21-8-5-6-11-24(21)27-25(29)19-30-23-14-12-20(13-15-23)26-31-16-7-17-32-26/h5-6,8,11-15,22,26H,2-4,7,9-10,16-19H2,1H3,(H,27,29). The third-order valence-corrected chi connectivity index (χ3v) is 9.27. The third kappa shape index (κ3) is 6.69. The van der Waals surface area contributed by atoms with Crippen molar-refractivity contribution in [3.8, 4) is 5.75 Å². The van der Waals surface area contributed by atoms with Gasteiger partial charge in [0, 0.05) is 18.3 Å². The number of carbonyl (C=O) groups is 1. The molecule has 1 aliphatic carbocycles. The second-order valence-electron chi connectivity index (χ2n) is 8.70. The molecule has 2 fully saturated rings. The minimum Gasteiger partial charge on any atom is -0.484 e. The van der Waals surface area contributed by atoms with E-state index < -0.39 is 0 Å². The molecule has 0 aromatic heterocycles. The zero-order valence-electron chi connectivity index (χ0n) is 18.9. The number of nitrogens with one attached hydrogen (secondary N) is 1. The highest BCUT2D eigenvalue weighted by Gasteiger charge is 2.19. The number of carbonyl (C=O) groups excluding carboxylic acids is 1. The maximum atomic E-state index is 12.6. The molecular weight excluding hydrogens is 436 g/mol. The first kappa shape index (κ1) is 23.5. The number of amides is 1. The van der Waals surface area contributed by atoms with Crippen LogP contribution in [-0.4, -0.2) is 42.0 Å². The number of rotatable bonds is 8. The van der Waals surface area contributed by atoms with Crippen molar-refractivity contribution < 1.29 is 9.53 Å². The SMILES string of the molecule is CN(Cc1ccccc1NC(=O)COc1ccc(C2SCCCS2)cc1)C1CCCCC1. The fourth-order valence-electron chi connectivity index (χ4n) is 4.44. The minimum atomic E-state index is -0.125. The molecule has 2 aromatic rings. The van der Waals surface area contributed by atoms with Gasteiger partial charge >= 0.3 is 0 Å². The van der Waals surface area contributed by atoms with Gasteiger partial charge in [-0.3, -0.25) is 9.69 Å². The van der Waals surface area contributed by atoms with Crippen LogP contribution in [0.25, 0.3) is 0 Å². The summed E-state index contributed by atoms with van der Waals surface area (Å²) in [6, 6.07) is 17.0. The maximum Gasteiger partial charge on any atom is 0.262 e. The van der Waals surface area contributed by atoms with Gasteiger partial charge in [0.15, 0.2) is 6.61 Å². The lowest BCUT2D eigenvalue weighted by molar-refractivity contribution is -0.118. The second kappa shape index (κ2) is 12.0. The molecule has 6 heteroatoms. The molecule has 172 valence electrons. The molecule has 2 aliphatic rings. The van der Waals surface area contributed by atoms with E-state index in [2.05, 4.69) is 35.5 Å². The minimum absolute atomic E-state index is 0.0130. The van der Waals surface area contributed by atoms with Gasteiger partial charge in [-0.2, -0.15) is 0 Å². The topological polar surface area (TPSA) is 41.6 Å². The summed E-state index contributed by atoms with van der Waals surface area (Å²) in [4.78, 5) is 15.0. The summed E-state index contributed by atoms with van der Waals surface area (Å²) >= 11 is 4.02. The smallest absolute Gasteiger partial charge is 0.262 e. The number of hydrogen-bond acceptors (Lipinski definition) is 5. The number of thioether (sulfide) groups is 2. The first-order valence-corrected chi connectivity index (χ1v) is 13.8. The van der Waals surface area contributed by atoms with Crippen molar-refractivity contribution in [2.75, 3.05) is 30.5 Å². The van der Waals surface area contributed by atoms with E-state index in [1.807, 2.05) is 53.9 Å². The van der Waals surface area contributed by atoms with E-state index in [1.54, 1.807) is 0 Å². The molecule has 2 aromatic carbocycles. The number of nitrogens with zero attached hydrogens (tertiary/aromatic N) is 1. The lowest BCUT2D eigenvalue weighted by atomic mass is 9.94. The van der Waals surface area contributed by atoms with Gasteiger partial charge in [0.2, 0.25) is 0 Å². The molecule has 1 heterocycles. The number of para-hydroxylation sites is 1. The lowest BCUT2D eigenvalue weighted by Gasteiger charge is -2.31. The average molecular weight is 471 g/mol. The maximum absolute atomic E-state index is 12.6. The summed E-state index contributed by atoms with van der Waals surface area (Å²) in [6.45, 7) is 0.861. The van der Waals surface area contributed by atoms with Gasteiger partial charge in [0.05, 0.1) is 4.58 Å². The highest BCUT2D eigenvalue weighted by atomic mass is 32.2. The molecule has 0 atom stereocenters. The van der Waals surface area contributed by atoms with Crippen molar-refractivity contribution in [1.82, 2.24) is 4.90 Å². The van der Waals surface area contributed by atoms with Crippen LogP contribution in [0.4, 0.5) is 5.69 Å². The van der Waals surface area contributed by atoms with Crippen molar-refractivity contribution in [2.24, 2.45) is 0 Å². The molecule has 4 nitrogen and oxygen atoms in total. The number of ether oxygens (including phenoxy) is 1. The van der Waals surface area contributed by atoms with Crippen LogP contribution >= 0.6 is 23.5 Å². The van der Waals surface area contributed by atoms with Crippen LogP contribution in [0, 0.1) is 0 Å². The Balaban J connectivity index is 1.28. The van der Waals surface area contributed by atoms with E-state index in [9.17, 15) is 4.79 Å². The van der Waals surface area contributed by atoms with E-state index >= 15 is 0 Å². The van der Waals surface area contributed by atoms with Crippen LogP contribution in [0.2, 0.25) is 0 Å². The first-order chi connectivity index (χ1) is 15.7. The average Bonchev–Trinajstić information content (AvgIpc) is 2.85. The Kier molecular flexibility index (Phi) is 8.83. The van der Waals surface area contributed by atoms with Gasteiger partial charge in [-0.25, -0.2) is 0 Å². The number of benzene rings is 2. The normalized spacial score (nSPS) is 17.9. The van der Waals surface area contributed by atoms with Crippen LogP contribution in [0.15, 0.2) is 48.5 Å². The van der Waals surface area contributed by atoms with Crippen LogP contribution in [0.3, 0.4) is 0 Å². The first-order valence-electron chi connectivity index (χ1n) is 11.7. The van der Waals surface area contributed by atoms with Crippen LogP contribution in [0.1, 0.15) is 54.2 Å². The second-order valence-corrected chi connectivity index (χ2v) is 11.4. The fraction of sp³-hybridized carbons (Fsp3) is 0.500. The molecular formula is C26H34N2O2S2. The quantitative estimate of drug-likeness (QED) is 0.488. The monoisotopic (exact) mass is 470 g/mol. The summed E-state index contributed by atoms with van der Waals surface area (Å²) in [5.41, 5.74) is 3.36. The zero-order chi connectivity index (χ0) is 22.2. The van der Waals surface area contributed by atoms with E-state index in [4.69, 9.17) is 4.74 Å². The fourth-order valence-corrected chi connectivity index (χ4v) is 7.33. The Morgan fingerprint density at radius 2 is 1.72 bits per heavy atom. The highest BCUT2D eigenvalue weighted by molar-refractivity contribution is 8.16. The van der Waals surface area contributed by atoms with Crippen molar-refractivity contribution in [2.45, 2.75) is 55.7 Å². The Bertz CT molecular complexity index is 862. The molecule has 1 aliphatic heterocycles. The van der Waals surface area contributed by atoms with E-state index in [-0.39, 0.29) is 12.5 Å². The lowest BCUT2D eigenvalue weighted by Crippen LogP contribution is -2.33. The van der Waals surface area contributed by atoms with Gasteiger partial charge in [-0.15, -0.1) is 23.5 Å². The number of hydrogen-bond donors (Lipinski definition) is 1. The van der Waals surface area contributed by atoms with Crippen molar-refractivity contribution in [1.29, 1.82) is 0 Å². The molecule has 1 N–H and O–H groups in total. The van der Waals surface area contributed by atoms with Gasteiger partial charge in [-0.05, 0) is 67.1 Å². The van der Waals surface area contributed by atoms with E-state index in [0.717, 1.165) is 23.5 Å². The van der Waals surface area contributed by atoms with Crippen LogP contribution in [-0.2, 0) is 11.3 Å². The zero-order valence-corrected chi connectivity index (χ0v) is 20.6. The summed E-state index contributed by atoms with van der Waals surface area (Å²) in [5.74, 6) is 3.07.